The Bertz CT molecular complexity index is 584. The van der Waals surface area contributed by atoms with Gasteiger partial charge in [0, 0.05) is 19.3 Å². The van der Waals surface area contributed by atoms with Gasteiger partial charge >= 0.3 is 0 Å². The molecule has 2 N–H and O–H groups in total. The van der Waals surface area contributed by atoms with Crippen molar-refractivity contribution in [3.8, 4) is 0 Å². The first-order valence-electron chi connectivity index (χ1n) is 6.27. The maximum absolute atomic E-state index is 4.44. The van der Waals surface area contributed by atoms with Crippen LogP contribution in [-0.2, 0) is 0 Å². The van der Waals surface area contributed by atoms with Gasteiger partial charge in [-0.25, -0.2) is 4.52 Å². The van der Waals surface area contributed by atoms with E-state index in [2.05, 4.69) is 26.8 Å². The van der Waals surface area contributed by atoms with Gasteiger partial charge in [-0.3, -0.25) is 0 Å². The van der Waals surface area contributed by atoms with Gasteiger partial charge in [0.25, 0.3) is 0 Å². The summed E-state index contributed by atoms with van der Waals surface area (Å²) in [6.45, 7) is 4.91. The Morgan fingerprint density at radius 1 is 1.44 bits per heavy atom. The molecule has 0 amide bonds. The Balaban J connectivity index is 1.72. The lowest BCUT2D eigenvalue weighted by molar-refractivity contribution is 0.697. The van der Waals surface area contributed by atoms with Crippen LogP contribution in [-0.4, -0.2) is 34.2 Å². The van der Waals surface area contributed by atoms with Crippen LogP contribution in [0.2, 0.25) is 0 Å². The Kier molecular flexibility index (Phi) is 2.98. The number of fused-ring (bicyclic) bond motifs is 1. The first-order valence-corrected chi connectivity index (χ1v) is 6.27. The number of hydrogen-bond donors (Lipinski definition) is 2. The predicted octanol–water partition coefficient (Wildman–Crippen LogP) is 1.37. The molecule has 0 atom stereocenters. The van der Waals surface area contributed by atoms with E-state index in [0.29, 0.717) is 5.95 Å². The summed E-state index contributed by atoms with van der Waals surface area (Å²) in [5.41, 5.74) is 3.48. The molecule has 0 bridgehead atoms. The van der Waals surface area contributed by atoms with E-state index in [4.69, 9.17) is 0 Å². The topological polar surface area (TPSA) is 54.2 Å². The molecule has 1 aliphatic heterocycles. The summed E-state index contributed by atoms with van der Waals surface area (Å²) in [6, 6.07) is 4.03. The molecule has 0 fully saturated rings. The maximum Gasteiger partial charge on any atom is 0.243 e. The van der Waals surface area contributed by atoms with Crippen LogP contribution in [0.25, 0.3) is 5.65 Å². The number of hydrogen-bond acceptors (Lipinski definition) is 4. The van der Waals surface area contributed by atoms with Crippen molar-refractivity contribution >= 4 is 11.6 Å². The van der Waals surface area contributed by atoms with E-state index in [1.165, 1.54) is 11.1 Å². The van der Waals surface area contributed by atoms with Crippen molar-refractivity contribution in [3.05, 3.63) is 35.5 Å². The molecular weight excluding hydrogens is 226 g/mol. The van der Waals surface area contributed by atoms with Crippen LogP contribution in [0.1, 0.15) is 12.0 Å². The van der Waals surface area contributed by atoms with E-state index in [1.54, 1.807) is 0 Å². The van der Waals surface area contributed by atoms with Crippen LogP contribution in [0.5, 0.6) is 0 Å². The zero-order valence-electron chi connectivity index (χ0n) is 10.5. The minimum atomic E-state index is 0.694. The largest absolute Gasteiger partial charge is 0.349 e. The van der Waals surface area contributed by atoms with Crippen LogP contribution in [0, 0.1) is 6.92 Å². The van der Waals surface area contributed by atoms with E-state index in [9.17, 15) is 0 Å². The fourth-order valence-corrected chi connectivity index (χ4v) is 2.08. The Labute approximate surface area is 106 Å². The number of nitrogens with one attached hydrogen (secondary N) is 2. The molecular formula is C13H17N5. The summed E-state index contributed by atoms with van der Waals surface area (Å²) < 4.78 is 1.81. The summed E-state index contributed by atoms with van der Waals surface area (Å²) in [7, 11) is 0. The molecule has 2 aromatic rings. The van der Waals surface area contributed by atoms with Gasteiger partial charge in [0.2, 0.25) is 5.95 Å². The van der Waals surface area contributed by atoms with Gasteiger partial charge in [-0.2, -0.15) is 4.98 Å². The molecule has 0 saturated carbocycles. The minimum absolute atomic E-state index is 0.694. The molecule has 0 aromatic carbocycles. The quantitative estimate of drug-likeness (QED) is 0.799. The zero-order valence-corrected chi connectivity index (χ0v) is 10.5. The number of anilines is 1. The Hall–Kier alpha value is -1.88. The van der Waals surface area contributed by atoms with Crippen molar-refractivity contribution in [2.24, 2.45) is 0 Å². The summed E-state index contributed by atoms with van der Waals surface area (Å²) in [4.78, 5) is 4.44. The van der Waals surface area contributed by atoms with Gasteiger partial charge in [-0.05, 0) is 31.5 Å². The van der Waals surface area contributed by atoms with Crippen molar-refractivity contribution in [2.45, 2.75) is 13.3 Å². The molecule has 0 aliphatic carbocycles. The molecule has 3 heterocycles. The fraction of sp³-hybridized carbons (Fsp3) is 0.385. The molecule has 18 heavy (non-hydrogen) atoms. The fourth-order valence-electron chi connectivity index (χ4n) is 2.08. The smallest absolute Gasteiger partial charge is 0.243 e. The highest BCUT2D eigenvalue weighted by Crippen LogP contribution is 2.09. The normalized spacial score (nSPS) is 15.7. The standard InChI is InChI=1S/C13H17N5/c1-10-2-3-12-16-13(17-18(12)9-10)15-8-11-4-6-14-7-5-11/h2-4,9,14H,5-8H2,1H3,(H,15,17). The SMILES string of the molecule is Cc1ccc2nc(NCC3=CCNCC3)nn2c1. The maximum atomic E-state index is 4.44. The molecule has 0 radical (unpaired) electrons. The summed E-state index contributed by atoms with van der Waals surface area (Å²) in [5, 5.41) is 11.0. The van der Waals surface area contributed by atoms with Gasteiger partial charge in [-0.15, -0.1) is 5.10 Å². The van der Waals surface area contributed by atoms with Crippen LogP contribution < -0.4 is 10.6 Å². The number of nitrogens with zero attached hydrogens (tertiary/aromatic N) is 3. The third kappa shape index (κ3) is 2.36. The highest BCUT2D eigenvalue weighted by molar-refractivity contribution is 5.44. The van der Waals surface area contributed by atoms with Crippen LogP contribution in [0.4, 0.5) is 5.95 Å². The molecule has 1 aliphatic rings. The van der Waals surface area contributed by atoms with Crippen molar-refractivity contribution in [3.63, 3.8) is 0 Å². The third-order valence-electron chi connectivity index (χ3n) is 3.11. The van der Waals surface area contributed by atoms with Gasteiger partial charge < -0.3 is 10.6 Å². The molecule has 5 nitrogen and oxygen atoms in total. The molecule has 0 spiro atoms. The van der Waals surface area contributed by atoms with E-state index in [0.717, 1.165) is 31.7 Å². The van der Waals surface area contributed by atoms with Crippen molar-refractivity contribution < 1.29 is 0 Å². The zero-order chi connectivity index (χ0) is 12.4. The third-order valence-corrected chi connectivity index (χ3v) is 3.11. The van der Waals surface area contributed by atoms with Crippen molar-refractivity contribution in [2.75, 3.05) is 25.0 Å². The van der Waals surface area contributed by atoms with Crippen LogP contribution in [0.3, 0.4) is 0 Å². The first kappa shape index (κ1) is 11.2. The van der Waals surface area contributed by atoms with E-state index in [1.807, 2.05) is 29.8 Å². The predicted molar refractivity (Wildman–Crippen MR) is 71.8 cm³/mol. The lowest BCUT2D eigenvalue weighted by atomic mass is 10.1. The summed E-state index contributed by atoms with van der Waals surface area (Å²) in [5.74, 6) is 0.694. The van der Waals surface area contributed by atoms with E-state index >= 15 is 0 Å². The van der Waals surface area contributed by atoms with Crippen LogP contribution in [0.15, 0.2) is 30.0 Å². The highest BCUT2D eigenvalue weighted by Gasteiger charge is 2.06. The number of aryl methyl sites for hydroxylation is 1. The van der Waals surface area contributed by atoms with Crippen molar-refractivity contribution in [1.82, 2.24) is 19.9 Å². The average molecular weight is 243 g/mol. The lowest BCUT2D eigenvalue weighted by Gasteiger charge is -2.13. The molecule has 5 heteroatoms. The minimum Gasteiger partial charge on any atom is -0.349 e. The number of pyridine rings is 1. The lowest BCUT2D eigenvalue weighted by Crippen LogP contribution is -2.23. The molecule has 2 aromatic heterocycles. The second kappa shape index (κ2) is 4.78. The molecule has 0 unspecified atom stereocenters. The van der Waals surface area contributed by atoms with Gasteiger partial charge in [-0.1, -0.05) is 17.7 Å². The van der Waals surface area contributed by atoms with E-state index < -0.39 is 0 Å². The second-order valence-corrected chi connectivity index (χ2v) is 4.61. The van der Waals surface area contributed by atoms with Crippen LogP contribution >= 0.6 is 0 Å². The van der Waals surface area contributed by atoms with Gasteiger partial charge in [0.05, 0.1) is 0 Å². The average Bonchev–Trinajstić information content (AvgIpc) is 2.79. The second-order valence-electron chi connectivity index (χ2n) is 4.61. The Morgan fingerprint density at radius 2 is 2.39 bits per heavy atom. The summed E-state index contributed by atoms with van der Waals surface area (Å²) in [6.07, 6.45) is 5.31. The Morgan fingerprint density at radius 3 is 3.22 bits per heavy atom. The highest BCUT2D eigenvalue weighted by atomic mass is 15.3. The number of aromatic nitrogens is 3. The monoisotopic (exact) mass is 243 g/mol. The summed E-state index contributed by atoms with van der Waals surface area (Å²) >= 11 is 0. The van der Waals surface area contributed by atoms with Crippen molar-refractivity contribution in [1.29, 1.82) is 0 Å². The van der Waals surface area contributed by atoms with Gasteiger partial charge in [0.1, 0.15) is 0 Å². The number of rotatable bonds is 3. The van der Waals surface area contributed by atoms with E-state index in [-0.39, 0.29) is 0 Å². The van der Waals surface area contributed by atoms with Gasteiger partial charge in [0.15, 0.2) is 5.65 Å². The molecule has 0 saturated heterocycles. The first-order chi connectivity index (χ1) is 8.81. The molecule has 3 rings (SSSR count). The molecule has 94 valence electrons.